The van der Waals surface area contributed by atoms with E-state index in [-0.39, 0.29) is 0 Å². The highest BCUT2D eigenvalue weighted by molar-refractivity contribution is 5.14. The maximum atomic E-state index is 3.69. The van der Waals surface area contributed by atoms with Crippen molar-refractivity contribution in [2.24, 2.45) is 0 Å². The smallest absolute Gasteiger partial charge is 0.0172 e. The van der Waals surface area contributed by atoms with Crippen molar-refractivity contribution in [1.29, 1.82) is 0 Å². The highest BCUT2D eigenvalue weighted by Crippen LogP contribution is 2.07. The maximum Gasteiger partial charge on any atom is -0.0172 e. The van der Waals surface area contributed by atoms with E-state index in [2.05, 4.69) is 49.1 Å². The van der Waals surface area contributed by atoms with Crippen LogP contribution in [-0.4, -0.2) is 0 Å². The van der Waals surface area contributed by atoms with Gasteiger partial charge < -0.3 is 0 Å². The minimum Gasteiger partial charge on any atom is -0.103 e. The summed E-state index contributed by atoms with van der Waals surface area (Å²) in [5.41, 5.74) is 1.46. The van der Waals surface area contributed by atoms with Gasteiger partial charge in [0.25, 0.3) is 0 Å². The number of allylic oxidation sites excluding steroid dienone is 3. The summed E-state index contributed by atoms with van der Waals surface area (Å²) in [6.07, 6.45) is 13.8. The Kier molecular flexibility index (Phi) is 7.15. The summed E-state index contributed by atoms with van der Waals surface area (Å²) >= 11 is 0. The number of benzene rings is 1. The molecule has 16 heavy (non-hydrogen) atoms. The molecule has 0 N–H and O–H groups in total. The molecular formula is C16H22. The van der Waals surface area contributed by atoms with Crippen LogP contribution in [-0.2, 0) is 6.42 Å². The van der Waals surface area contributed by atoms with Crippen LogP contribution in [0.15, 0.2) is 55.1 Å². The monoisotopic (exact) mass is 214 g/mol. The van der Waals surface area contributed by atoms with Gasteiger partial charge in [0.15, 0.2) is 0 Å². The minimum atomic E-state index is 1.00. The van der Waals surface area contributed by atoms with E-state index in [1.54, 1.807) is 0 Å². The average molecular weight is 214 g/mol. The third kappa shape index (κ3) is 6.23. The molecule has 0 aliphatic rings. The lowest BCUT2D eigenvalue weighted by atomic mass is 10.1. The molecule has 1 aromatic carbocycles. The molecule has 0 nitrogen and oxygen atoms in total. The van der Waals surface area contributed by atoms with Crippen LogP contribution in [0.4, 0.5) is 0 Å². The van der Waals surface area contributed by atoms with E-state index in [1.165, 1.54) is 37.7 Å². The lowest BCUT2D eigenvalue weighted by Gasteiger charge is -2.00. The first-order valence-corrected chi connectivity index (χ1v) is 6.23. The van der Waals surface area contributed by atoms with Crippen LogP contribution >= 0.6 is 0 Å². The third-order valence-electron chi connectivity index (χ3n) is 2.65. The van der Waals surface area contributed by atoms with Gasteiger partial charge in [0.2, 0.25) is 0 Å². The quantitative estimate of drug-likeness (QED) is 0.425. The molecule has 0 saturated carbocycles. The van der Waals surface area contributed by atoms with Crippen molar-refractivity contribution in [3.63, 3.8) is 0 Å². The lowest BCUT2D eigenvalue weighted by Crippen LogP contribution is -1.84. The van der Waals surface area contributed by atoms with Crippen LogP contribution in [0, 0.1) is 0 Å². The number of aryl methyl sites for hydroxylation is 1. The van der Waals surface area contributed by atoms with E-state index < -0.39 is 0 Å². The Hall–Kier alpha value is -1.30. The van der Waals surface area contributed by atoms with Gasteiger partial charge in [0, 0.05) is 0 Å². The van der Waals surface area contributed by atoms with Gasteiger partial charge in [-0.25, -0.2) is 0 Å². The SMILES string of the molecule is C=CC/C=C/CCCCCc1ccccc1. The van der Waals surface area contributed by atoms with Crippen molar-refractivity contribution in [2.45, 2.75) is 38.5 Å². The second-order valence-corrected chi connectivity index (χ2v) is 4.08. The Balaban J connectivity index is 1.98. The molecular weight excluding hydrogens is 192 g/mol. The number of hydrogen-bond donors (Lipinski definition) is 0. The molecule has 0 amide bonds. The number of hydrogen-bond acceptors (Lipinski definition) is 0. The van der Waals surface area contributed by atoms with Gasteiger partial charge in [-0.15, -0.1) is 6.58 Å². The minimum absolute atomic E-state index is 1.00. The van der Waals surface area contributed by atoms with Gasteiger partial charge in [-0.2, -0.15) is 0 Å². The van der Waals surface area contributed by atoms with E-state index >= 15 is 0 Å². The summed E-state index contributed by atoms with van der Waals surface area (Å²) in [4.78, 5) is 0. The van der Waals surface area contributed by atoms with Crippen LogP contribution in [0.5, 0.6) is 0 Å². The van der Waals surface area contributed by atoms with E-state index in [4.69, 9.17) is 0 Å². The van der Waals surface area contributed by atoms with E-state index in [9.17, 15) is 0 Å². The molecule has 0 heterocycles. The molecule has 0 aliphatic carbocycles. The van der Waals surface area contributed by atoms with Crippen molar-refractivity contribution in [3.05, 3.63) is 60.7 Å². The topological polar surface area (TPSA) is 0 Å². The molecule has 0 saturated heterocycles. The van der Waals surface area contributed by atoms with Crippen molar-refractivity contribution >= 4 is 0 Å². The van der Waals surface area contributed by atoms with E-state index in [0.29, 0.717) is 0 Å². The van der Waals surface area contributed by atoms with Crippen LogP contribution in [0.25, 0.3) is 0 Å². The Morgan fingerprint density at radius 3 is 2.50 bits per heavy atom. The van der Waals surface area contributed by atoms with Crippen LogP contribution in [0.2, 0.25) is 0 Å². The molecule has 0 radical (unpaired) electrons. The first kappa shape index (κ1) is 12.8. The van der Waals surface area contributed by atoms with Gasteiger partial charge in [0.1, 0.15) is 0 Å². The summed E-state index contributed by atoms with van der Waals surface area (Å²) in [6.45, 7) is 3.69. The lowest BCUT2D eigenvalue weighted by molar-refractivity contribution is 0.686. The molecule has 0 aliphatic heterocycles. The fourth-order valence-corrected chi connectivity index (χ4v) is 1.72. The largest absolute Gasteiger partial charge is 0.103 e. The normalized spacial score (nSPS) is 10.8. The Morgan fingerprint density at radius 2 is 1.75 bits per heavy atom. The number of rotatable bonds is 8. The third-order valence-corrected chi connectivity index (χ3v) is 2.65. The molecule has 0 aromatic heterocycles. The summed E-state index contributed by atoms with van der Waals surface area (Å²) in [5, 5.41) is 0. The van der Waals surface area contributed by atoms with E-state index in [1.807, 2.05) is 6.08 Å². The van der Waals surface area contributed by atoms with Crippen LogP contribution in [0.1, 0.15) is 37.7 Å². The standard InChI is InChI=1S/C16H22/c1-2-3-4-5-6-7-8-10-13-16-14-11-9-12-15-16/h2,4-5,9,11-12,14-15H,1,3,6-8,10,13H2/b5-4+. The van der Waals surface area contributed by atoms with Crippen LogP contribution in [0.3, 0.4) is 0 Å². The van der Waals surface area contributed by atoms with Gasteiger partial charge in [0.05, 0.1) is 0 Å². The fourth-order valence-electron chi connectivity index (χ4n) is 1.72. The van der Waals surface area contributed by atoms with Gasteiger partial charge in [-0.05, 0) is 37.7 Å². The van der Waals surface area contributed by atoms with Crippen LogP contribution < -0.4 is 0 Å². The molecule has 0 fully saturated rings. The van der Waals surface area contributed by atoms with Crippen molar-refractivity contribution in [3.8, 4) is 0 Å². The Morgan fingerprint density at radius 1 is 0.938 bits per heavy atom. The molecule has 0 unspecified atom stereocenters. The second kappa shape index (κ2) is 8.96. The summed E-state index contributed by atoms with van der Waals surface area (Å²) in [6, 6.07) is 10.7. The predicted molar refractivity (Wildman–Crippen MR) is 72.6 cm³/mol. The first-order valence-electron chi connectivity index (χ1n) is 6.23. The van der Waals surface area contributed by atoms with Gasteiger partial charge >= 0.3 is 0 Å². The van der Waals surface area contributed by atoms with Crippen molar-refractivity contribution < 1.29 is 0 Å². The second-order valence-electron chi connectivity index (χ2n) is 4.08. The fraction of sp³-hybridized carbons (Fsp3) is 0.375. The zero-order valence-electron chi connectivity index (χ0n) is 10.1. The van der Waals surface area contributed by atoms with E-state index in [0.717, 1.165) is 6.42 Å². The predicted octanol–water partition coefficient (Wildman–Crippen LogP) is 4.92. The Bertz CT molecular complexity index is 295. The maximum absolute atomic E-state index is 3.69. The van der Waals surface area contributed by atoms with Gasteiger partial charge in [-0.3, -0.25) is 0 Å². The zero-order chi connectivity index (χ0) is 11.5. The highest BCUT2D eigenvalue weighted by Gasteiger charge is 1.91. The molecule has 0 atom stereocenters. The molecule has 1 aromatic rings. The molecule has 0 spiro atoms. The molecule has 0 bridgehead atoms. The summed E-state index contributed by atoms with van der Waals surface area (Å²) in [7, 11) is 0. The Labute approximate surface area is 99.7 Å². The van der Waals surface area contributed by atoms with Gasteiger partial charge in [-0.1, -0.05) is 55.0 Å². The number of unbranched alkanes of at least 4 members (excludes halogenated alkanes) is 3. The molecule has 0 heteroatoms. The zero-order valence-corrected chi connectivity index (χ0v) is 10.1. The molecule has 86 valence electrons. The summed E-state index contributed by atoms with van der Waals surface area (Å²) in [5.74, 6) is 0. The van der Waals surface area contributed by atoms with Crippen molar-refractivity contribution in [2.75, 3.05) is 0 Å². The summed E-state index contributed by atoms with van der Waals surface area (Å²) < 4.78 is 0. The molecule has 1 rings (SSSR count). The average Bonchev–Trinajstić information content (AvgIpc) is 2.34. The first-order chi connectivity index (χ1) is 7.93. The van der Waals surface area contributed by atoms with Crippen molar-refractivity contribution in [1.82, 2.24) is 0 Å². The highest BCUT2D eigenvalue weighted by atomic mass is 14.0.